The molecule has 0 unspecified atom stereocenters. The van der Waals surface area contributed by atoms with Crippen molar-refractivity contribution in [3.63, 3.8) is 0 Å². The van der Waals surface area contributed by atoms with E-state index in [1.807, 2.05) is 6.92 Å². The van der Waals surface area contributed by atoms with Crippen LogP contribution in [0.3, 0.4) is 0 Å². The third-order valence-electron chi connectivity index (χ3n) is 1.68. The Hall–Kier alpha value is -1.23. The lowest BCUT2D eigenvalue weighted by Gasteiger charge is -1.97. The van der Waals surface area contributed by atoms with Crippen molar-refractivity contribution in [2.24, 2.45) is 0 Å². The van der Waals surface area contributed by atoms with E-state index in [9.17, 15) is 0 Å². The predicted octanol–water partition coefficient (Wildman–Crippen LogP) is 2.20. The van der Waals surface area contributed by atoms with Crippen molar-refractivity contribution in [1.29, 1.82) is 0 Å². The first kappa shape index (κ1) is 8.37. The number of rotatable bonds is 1. The summed E-state index contributed by atoms with van der Waals surface area (Å²) in [4.78, 5) is 0. The Morgan fingerprint density at radius 1 is 1.23 bits per heavy atom. The molecule has 2 heterocycles. The number of hydrogen-bond donors (Lipinski definition) is 0. The van der Waals surface area contributed by atoms with Crippen LogP contribution in [0.1, 0.15) is 5.56 Å². The molecular weight excluding hydrogens is 234 g/mol. The van der Waals surface area contributed by atoms with E-state index in [0.29, 0.717) is 0 Å². The zero-order chi connectivity index (χ0) is 9.26. The van der Waals surface area contributed by atoms with Gasteiger partial charge in [-0.05, 0) is 22.9 Å². The third-order valence-corrected chi connectivity index (χ3v) is 2.31. The van der Waals surface area contributed by atoms with Crippen molar-refractivity contribution in [2.75, 3.05) is 0 Å². The molecule has 0 atom stereocenters. The summed E-state index contributed by atoms with van der Waals surface area (Å²) >= 11 is 3.36. The molecule has 0 N–H and O–H groups in total. The number of aromatic nitrogens is 3. The topological polar surface area (TPSA) is 51.8 Å². The predicted molar refractivity (Wildman–Crippen MR) is 50.0 cm³/mol. The van der Waals surface area contributed by atoms with Gasteiger partial charge in [0.1, 0.15) is 0 Å². The average Bonchev–Trinajstić information content (AvgIpc) is 2.52. The van der Waals surface area contributed by atoms with E-state index >= 15 is 0 Å². The van der Waals surface area contributed by atoms with Crippen molar-refractivity contribution in [3.05, 3.63) is 28.6 Å². The van der Waals surface area contributed by atoms with Gasteiger partial charge in [0, 0.05) is 5.56 Å². The lowest BCUT2D eigenvalue weighted by atomic mass is 10.2. The molecule has 0 saturated heterocycles. The Morgan fingerprint density at radius 3 is 2.62 bits per heavy atom. The van der Waals surface area contributed by atoms with Crippen LogP contribution in [0.4, 0.5) is 0 Å². The van der Waals surface area contributed by atoms with E-state index in [2.05, 4.69) is 31.3 Å². The Bertz CT molecular complexity index is 427. The van der Waals surface area contributed by atoms with Crippen molar-refractivity contribution in [1.82, 2.24) is 15.4 Å². The summed E-state index contributed by atoms with van der Waals surface area (Å²) in [5.74, 6) is 0.724. The number of halogens is 1. The van der Waals surface area contributed by atoms with Crippen molar-refractivity contribution >= 4 is 15.9 Å². The van der Waals surface area contributed by atoms with Crippen LogP contribution in [-0.2, 0) is 0 Å². The lowest BCUT2D eigenvalue weighted by molar-refractivity contribution is 0.431. The van der Waals surface area contributed by atoms with E-state index in [1.165, 1.54) is 0 Å². The minimum absolute atomic E-state index is 0.724. The van der Waals surface area contributed by atoms with Gasteiger partial charge in [0.15, 0.2) is 5.76 Å². The van der Waals surface area contributed by atoms with E-state index in [0.717, 1.165) is 21.4 Å². The number of nitrogens with zero attached hydrogens (tertiary/aromatic N) is 3. The smallest absolute Gasteiger partial charge is 0.172 e. The minimum Gasteiger partial charge on any atom is -0.356 e. The second-order valence-corrected chi connectivity index (χ2v) is 3.44. The highest BCUT2D eigenvalue weighted by Crippen LogP contribution is 2.28. The van der Waals surface area contributed by atoms with E-state index < -0.39 is 0 Å². The van der Waals surface area contributed by atoms with Gasteiger partial charge in [-0.2, -0.15) is 10.2 Å². The van der Waals surface area contributed by atoms with Gasteiger partial charge in [-0.3, -0.25) is 0 Å². The highest BCUT2D eigenvalue weighted by molar-refractivity contribution is 9.10. The van der Waals surface area contributed by atoms with Crippen molar-refractivity contribution in [2.45, 2.75) is 6.92 Å². The molecule has 0 aliphatic rings. The zero-order valence-corrected chi connectivity index (χ0v) is 8.45. The molecular formula is C8H6BrN3O. The second-order valence-electron chi connectivity index (χ2n) is 2.59. The minimum atomic E-state index is 0.724. The molecule has 66 valence electrons. The Balaban J connectivity index is 2.59. The molecule has 2 aromatic rings. The first-order chi connectivity index (χ1) is 6.29. The highest BCUT2D eigenvalue weighted by atomic mass is 79.9. The Kier molecular flexibility index (Phi) is 2.10. The molecule has 0 aliphatic carbocycles. The van der Waals surface area contributed by atoms with Crippen LogP contribution in [0.5, 0.6) is 0 Å². The highest BCUT2D eigenvalue weighted by Gasteiger charge is 2.10. The number of hydrogen-bond acceptors (Lipinski definition) is 4. The largest absolute Gasteiger partial charge is 0.356 e. The molecule has 2 rings (SSSR count). The fraction of sp³-hybridized carbons (Fsp3) is 0.125. The van der Waals surface area contributed by atoms with Gasteiger partial charge < -0.3 is 4.52 Å². The summed E-state index contributed by atoms with van der Waals surface area (Å²) in [5, 5.41) is 11.2. The van der Waals surface area contributed by atoms with Crippen LogP contribution >= 0.6 is 15.9 Å². The van der Waals surface area contributed by atoms with Crippen LogP contribution in [-0.4, -0.2) is 15.4 Å². The molecule has 0 fully saturated rings. The van der Waals surface area contributed by atoms with Crippen molar-refractivity contribution in [3.8, 4) is 11.3 Å². The van der Waals surface area contributed by atoms with Gasteiger partial charge in [0.2, 0.25) is 0 Å². The molecule has 0 spiro atoms. The van der Waals surface area contributed by atoms with E-state index in [-0.39, 0.29) is 0 Å². The van der Waals surface area contributed by atoms with Gasteiger partial charge in [0.05, 0.1) is 28.6 Å². The quantitative estimate of drug-likeness (QED) is 0.766. The summed E-state index contributed by atoms with van der Waals surface area (Å²) in [6.07, 6.45) is 4.93. The lowest BCUT2D eigenvalue weighted by Crippen LogP contribution is -1.84. The summed E-state index contributed by atoms with van der Waals surface area (Å²) in [7, 11) is 0. The molecule has 5 heteroatoms. The van der Waals surface area contributed by atoms with Crippen LogP contribution in [0, 0.1) is 6.92 Å². The van der Waals surface area contributed by atoms with E-state index in [1.54, 1.807) is 18.6 Å². The molecule has 0 radical (unpaired) electrons. The molecule has 0 bridgehead atoms. The van der Waals surface area contributed by atoms with Gasteiger partial charge in [-0.25, -0.2) is 0 Å². The molecule has 13 heavy (non-hydrogen) atoms. The van der Waals surface area contributed by atoms with Gasteiger partial charge >= 0.3 is 0 Å². The molecule has 4 nitrogen and oxygen atoms in total. The van der Waals surface area contributed by atoms with Gasteiger partial charge in [-0.1, -0.05) is 5.16 Å². The SMILES string of the molecule is Cc1cnoc1-c1cnncc1Br. The van der Waals surface area contributed by atoms with Gasteiger partial charge in [-0.15, -0.1) is 0 Å². The first-order valence-electron chi connectivity index (χ1n) is 3.67. The maximum Gasteiger partial charge on any atom is 0.172 e. The molecule has 0 saturated carbocycles. The van der Waals surface area contributed by atoms with Crippen LogP contribution in [0.2, 0.25) is 0 Å². The van der Waals surface area contributed by atoms with E-state index in [4.69, 9.17) is 4.52 Å². The Labute approximate surface area is 83.1 Å². The molecule has 0 aromatic carbocycles. The summed E-state index contributed by atoms with van der Waals surface area (Å²) in [6, 6.07) is 0. The fourth-order valence-corrected chi connectivity index (χ4v) is 1.40. The second kappa shape index (κ2) is 3.26. The molecule has 2 aromatic heterocycles. The normalized spacial score (nSPS) is 10.3. The third kappa shape index (κ3) is 1.47. The summed E-state index contributed by atoms with van der Waals surface area (Å²) in [6.45, 7) is 1.93. The fourth-order valence-electron chi connectivity index (χ4n) is 1.02. The zero-order valence-electron chi connectivity index (χ0n) is 6.86. The van der Waals surface area contributed by atoms with Crippen molar-refractivity contribution < 1.29 is 4.52 Å². The van der Waals surface area contributed by atoms with Gasteiger partial charge in [0.25, 0.3) is 0 Å². The first-order valence-corrected chi connectivity index (χ1v) is 4.46. The number of aryl methyl sites for hydroxylation is 1. The van der Waals surface area contributed by atoms with Crippen LogP contribution < -0.4 is 0 Å². The van der Waals surface area contributed by atoms with Crippen LogP contribution in [0.15, 0.2) is 27.6 Å². The maximum absolute atomic E-state index is 5.08. The summed E-state index contributed by atoms with van der Waals surface area (Å²) < 4.78 is 5.93. The Morgan fingerprint density at radius 2 is 2.00 bits per heavy atom. The summed E-state index contributed by atoms with van der Waals surface area (Å²) in [5.41, 5.74) is 1.85. The average molecular weight is 240 g/mol. The maximum atomic E-state index is 5.08. The molecule has 0 amide bonds. The monoisotopic (exact) mass is 239 g/mol. The molecule has 0 aliphatic heterocycles. The standard InChI is InChI=1S/C8H6BrN3O/c1-5-2-12-13-8(5)6-3-10-11-4-7(6)9/h2-4H,1H3. The van der Waals surface area contributed by atoms with Crippen LogP contribution in [0.25, 0.3) is 11.3 Å².